The molecule has 0 unspecified atom stereocenters. The number of benzene rings is 1. The molecule has 1 aromatic carbocycles. The van der Waals surface area contributed by atoms with E-state index in [0.29, 0.717) is 5.52 Å². The summed E-state index contributed by atoms with van der Waals surface area (Å²) in [5.74, 6) is -0.240. The number of nitrogens with zero attached hydrogens (tertiary/aromatic N) is 2. The third-order valence-corrected chi connectivity index (χ3v) is 1.69. The minimum atomic E-state index is -0.240. The molecule has 0 amide bonds. The maximum Gasteiger partial charge on any atom is 0.125 e. The maximum absolute atomic E-state index is 12.6. The summed E-state index contributed by atoms with van der Waals surface area (Å²) < 4.78 is 14.5. The molecule has 0 aliphatic rings. The molecule has 0 spiro atoms. The Bertz CT molecular complexity index is 397. The van der Waals surface area contributed by atoms with Crippen LogP contribution in [0.15, 0.2) is 24.5 Å². The average molecular weight is 187 g/mol. The van der Waals surface area contributed by atoms with Crippen LogP contribution in [0.5, 0.6) is 0 Å². The van der Waals surface area contributed by atoms with Gasteiger partial charge in [0.15, 0.2) is 0 Å². The molecule has 4 heteroatoms. The standard InChI is InChI=1S/C8H7FN2.ClH/c1-11-5-10-7-4-6(9)2-3-8(7)11;/h2-5H,1H3;1H. The van der Waals surface area contributed by atoms with E-state index in [0.717, 1.165) is 5.52 Å². The van der Waals surface area contributed by atoms with Crippen LogP contribution in [0, 0.1) is 5.82 Å². The fraction of sp³-hybridized carbons (Fsp3) is 0.125. The highest BCUT2D eigenvalue weighted by Gasteiger charge is 1.98. The Labute approximate surface area is 75.4 Å². The number of rotatable bonds is 0. The number of hydrogen-bond donors (Lipinski definition) is 0. The molecule has 1 aromatic heterocycles. The van der Waals surface area contributed by atoms with Crippen molar-refractivity contribution in [2.75, 3.05) is 0 Å². The quantitative estimate of drug-likeness (QED) is 0.617. The van der Waals surface area contributed by atoms with Crippen molar-refractivity contribution < 1.29 is 4.39 Å². The van der Waals surface area contributed by atoms with Crippen LogP contribution in [0.25, 0.3) is 11.0 Å². The Morgan fingerprint density at radius 2 is 2.17 bits per heavy atom. The predicted molar refractivity (Wildman–Crippen MR) is 47.9 cm³/mol. The van der Waals surface area contributed by atoms with E-state index in [2.05, 4.69) is 4.98 Å². The molecule has 0 fully saturated rings. The zero-order valence-corrected chi connectivity index (χ0v) is 7.31. The van der Waals surface area contributed by atoms with E-state index in [9.17, 15) is 4.39 Å². The second-order valence-electron chi connectivity index (χ2n) is 2.49. The summed E-state index contributed by atoms with van der Waals surface area (Å²) >= 11 is 0. The Balaban J connectivity index is 0.000000720. The molecular formula is C8H8ClFN2. The summed E-state index contributed by atoms with van der Waals surface area (Å²) in [5, 5.41) is 0. The lowest BCUT2D eigenvalue weighted by atomic mass is 10.3. The Kier molecular flexibility index (Phi) is 2.33. The maximum atomic E-state index is 12.6. The molecule has 2 aromatic rings. The zero-order valence-electron chi connectivity index (χ0n) is 6.49. The van der Waals surface area contributed by atoms with Crippen LogP contribution in [0.4, 0.5) is 4.39 Å². The first-order valence-corrected chi connectivity index (χ1v) is 3.34. The van der Waals surface area contributed by atoms with Gasteiger partial charge < -0.3 is 4.57 Å². The van der Waals surface area contributed by atoms with Crippen LogP contribution in [0.3, 0.4) is 0 Å². The zero-order chi connectivity index (χ0) is 7.84. The van der Waals surface area contributed by atoms with Gasteiger partial charge >= 0.3 is 0 Å². The molecular weight excluding hydrogens is 179 g/mol. The molecule has 64 valence electrons. The van der Waals surface area contributed by atoms with Gasteiger partial charge in [0.25, 0.3) is 0 Å². The molecule has 0 saturated heterocycles. The van der Waals surface area contributed by atoms with E-state index in [1.54, 1.807) is 12.4 Å². The fourth-order valence-electron chi connectivity index (χ4n) is 1.11. The van der Waals surface area contributed by atoms with Gasteiger partial charge in [0, 0.05) is 13.1 Å². The number of fused-ring (bicyclic) bond motifs is 1. The number of aryl methyl sites for hydroxylation is 1. The molecule has 0 N–H and O–H groups in total. The van der Waals surface area contributed by atoms with E-state index in [1.165, 1.54) is 12.1 Å². The summed E-state index contributed by atoms with van der Waals surface area (Å²) in [7, 11) is 1.88. The molecule has 0 aliphatic heterocycles. The van der Waals surface area contributed by atoms with Crippen LogP contribution in [-0.2, 0) is 7.05 Å². The van der Waals surface area contributed by atoms with E-state index in [1.807, 2.05) is 11.6 Å². The van der Waals surface area contributed by atoms with Crippen molar-refractivity contribution in [2.45, 2.75) is 0 Å². The largest absolute Gasteiger partial charge is 0.334 e. The molecule has 2 nitrogen and oxygen atoms in total. The summed E-state index contributed by atoms with van der Waals surface area (Å²) in [6.07, 6.45) is 1.67. The smallest absolute Gasteiger partial charge is 0.125 e. The van der Waals surface area contributed by atoms with Gasteiger partial charge in [-0.05, 0) is 12.1 Å². The normalized spacial score (nSPS) is 9.83. The number of aromatic nitrogens is 2. The SMILES string of the molecule is Cl.Cn1cnc2cc(F)ccc21. The van der Waals surface area contributed by atoms with Crippen LogP contribution in [0.1, 0.15) is 0 Å². The molecule has 0 radical (unpaired) electrons. The first-order valence-electron chi connectivity index (χ1n) is 3.34. The predicted octanol–water partition coefficient (Wildman–Crippen LogP) is 2.13. The second-order valence-corrected chi connectivity index (χ2v) is 2.49. The topological polar surface area (TPSA) is 17.8 Å². The van der Waals surface area contributed by atoms with Crippen molar-refractivity contribution in [3.05, 3.63) is 30.3 Å². The van der Waals surface area contributed by atoms with Crippen LogP contribution in [-0.4, -0.2) is 9.55 Å². The monoisotopic (exact) mass is 186 g/mol. The molecule has 0 bridgehead atoms. The minimum absolute atomic E-state index is 0. The third-order valence-electron chi connectivity index (χ3n) is 1.69. The summed E-state index contributed by atoms with van der Waals surface area (Å²) in [5.41, 5.74) is 1.65. The van der Waals surface area contributed by atoms with Gasteiger partial charge in [0.05, 0.1) is 17.4 Å². The lowest BCUT2D eigenvalue weighted by Crippen LogP contribution is -1.83. The molecule has 0 aliphatic carbocycles. The van der Waals surface area contributed by atoms with Gasteiger partial charge in [-0.2, -0.15) is 0 Å². The van der Waals surface area contributed by atoms with Gasteiger partial charge in [-0.1, -0.05) is 0 Å². The second kappa shape index (κ2) is 3.11. The number of hydrogen-bond acceptors (Lipinski definition) is 1. The highest BCUT2D eigenvalue weighted by atomic mass is 35.5. The van der Waals surface area contributed by atoms with Crippen LogP contribution >= 0.6 is 12.4 Å². The van der Waals surface area contributed by atoms with E-state index in [-0.39, 0.29) is 18.2 Å². The van der Waals surface area contributed by atoms with Gasteiger partial charge in [-0.3, -0.25) is 0 Å². The molecule has 2 rings (SSSR count). The first kappa shape index (κ1) is 9.00. The fourth-order valence-corrected chi connectivity index (χ4v) is 1.11. The lowest BCUT2D eigenvalue weighted by Gasteiger charge is -1.92. The third kappa shape index (κ3) is 1.28. The highest BCUT2D eigenvalue weighted by molar-refractivity contribution is 5.85. The van der Waals surface area contributed by atoms with Crippen molar-refractivity contribution in [2.24, 2.45) is 7.05 Å². The highest BCUT2D eigenvalue weighted by Crippen LogP contribution is 2.11. The van der Waals surface area contributed by atoms with Crippen molar-refractivity contribution in [1.82, 2.24) is 9.55 Å². The Morgan fingerprint density at radius 3 is 2.92 bits per heavy atom. The van der Waals surface area contributed by atoms with Crippen molar-refractivity contribution >= 4 is 23.4 Å². The lowest BCUT2D eigenvalue weighted by molar-refractivity contribution is 0.629. The van der Waals surface area contributed by atoms with Gasteiger partial charge in [-0.15, -0.1) is 12.4 Å². The molecule has 12 heavy (non-hydrogen) atoms. The molecule has 0 saturated carbocycles. The Hall–Kier alpha value is -1.09. The summed E-state index contributed by atoms with van der Waals surface area (Å²) in [6, 6.07) is 4.58. The van der Waals surface area contributed by atoms with Crippen LogP contribution in [0.2, 0.25) is 0 Å². The summed E-state index contributed by atoms with van der Waals surface area (Å²) in [4.78, 5) is 4.00. The van der Waals surface area contributed by atoms with E-state index >= 15 is 0 Å². The minimum Gasteiger partial charge on any atom is -0.334 e. The molecule has 1 heterocycles. The Morgan fingerprint density at radius 1 is 1.42 bits per heavy atom. The number of halogens is 2. The number of imidazole rings is 1. The van der Waals surface area contributed by atoms with E-state index < -0.39 is 0 Å². The van der Waals surface area contributed by atoms with Crippen molar-refractivity contribution in [3.8, 4) is 0 Å². The molecule has 0 atom stereocenters. The van der Waals surface area contributed by atoms with Crippen molar-refractivity contribution in [3.63, 3.8) is 0 Å². The van der Waals surface area contributed by atoms with Crippen molar-refractivity contribution in [1.29, 1.82) is 0 Å². The average Bonchev–Trinajstić information content (AvgIpc) is 2.32. The van der Waals surface area contributed by atoms with E-state index in [4.69, 9.17) is 0 Å². The summed E-state index contributed by atoms with van der Waals surface area (Å²) in [6.45, 7) is 0. The van der Waals surface area contributed by atoms with Gasteiger partial charge in [0.2, 0.25) is 0 Å². The first-order chi connectivity index (χ1) is 5.27. The van der Waals surface area contributed by atoms with Gasteiger partial charge in [0.1, 0.15) is 5.82 Å². The van der Waals surface area contributed by atoms with Gasteiger partial charge in [-0.25, -0.2) is 9.37 Å². The van der Waals surface area contributed by atoms with Crippen LogP contribution < -0.4 is 0 Å².